The van der Waals surface area contributed by atoms with E-state index in [4.69, 9.17) is 5.73 Å². The van der Waals surface area contributed by atoms with Crippen molar-refractivity contribution in [3.63, 3.8) is 0 Å². The van der Waals surface area contributed by atoms with Crippen molar-refractivity contribution < 1.29 is 4.79 Å². The Morgan fingerprint density at radius 2 is 2.00 bits per heavy atom. The van der Waals surface area contributed by atoms with Crippen molar-refractivity contribution >= 4 is 17.3 Å². The van der Waals surface area contributed by atoms with E-state index in [0.29, 0.717) is 18.5 Å². The van der Waals surface area contributed by atoms with Crippen LogP contribution in [0.15, 0.2) is 18.2 Å². The highest BCUT2D eigenvalue weighted by Gasteiger charge is 2.24. The number of anilines is 2. The summed E-state index contributed by atoms with van der Waals surface area (Å²) in [5.74, 6) is 0.0767. The number of carbonyl (C=O) groups excluding carboxylic acids is 1. The van der Waals surface area contributed by atoms with Gasteiger partial charge in [-0.05, 0) is 57.4 Å². The molecule has 1 saturated heterocycles. The predicted octanol–water partition coefficient (Wildman–Crippen LogP) is 3.17. The number of nitrogens with one attached hydrogen (secondary N) is 1. The molecule has 0 radical (unpaired) electrons. The number of aryl methyl sites for hydroxylation is 1. The van der Waals surface area contributed by atoms with Gasteiger partial charge in [-0.1, -0.05) is 6.42 Å². The minimum atomic E-state index is 0.0767. The van der Waals surface area contributed by atoms with E-state index < -0.39 is 0 Å². The summed E-state index contributed by atoms with van der Waals surface area (Å²) in [6.45, 7) is 7.32. The fourth-order valence-corrected chi connectivity index (χ4v) is 3.19. The number of hydrogen-bond acceptors (Lipinski definition) is 3. The first-order valence-electron chi connectivity index (χ1n) is 7.89. The summed E-state index contributed by atoms with van der Waals surface area (Å²) in [5, 5.41) is 2.99. The van der Waals surface area contributed by atoms with Crippen LogP contribution in [0.1, 0.15) is 45.1 Å². The second kappa shape index (κ2) is 6.94. The van der Waals surface area contributed by atoms with Crippen LogP contribution >= 0.6 is 0 Å². The molecule has 4 nitrogen and oxygen atoms in total. The summed E-state index contributed by atoms with van der Waals surface area (Å²) < 4.78 is 0. The SMILES string of the molecule is Cc1cc(N)ccc1NC(=O)CCN1C(C)CCCC1C. The largest absolute Gasteiger partial charge is 0.399 e. The van der Waals surface area contributed by atoms with Gasteiger partial charge in [0.2, 0.25) is 5.91 Å². The third-order valence-corrected chi connectivity index (χ3v) is 4.50. The van der Waals surface area contributed by atoms with Gasteiger partial charge >= 0.3 is 0 Å². The molecule has 1 aromatic carbocycles. The summed E-state index contributed by atoms with van der Waals surface area (Å²) in [6, 6.07) is 6.73. The maximum Gasteiger partial charge on any atom is 0.225 e. The summed E-state index contributed by atoms with van der Waals surface area (Å²) >= 11 is 0. The van der Waals surface area contributed by atoms with E-state index in [0.717, 1.165) is 23.5 Å². The van der Waals surface area contributed by atoms with Gasteiger partial charge in [0.1, 0.15) is 0 Å². The first-order valence-corrected chi connectivity index (χ1v) is 7.89. The minimum Gasteiger partial charge on any atom is -0.399 e. The molecular formula is C17H27N3O. The molecule has 0 bridgehead atoms. The highest BCUT2D eigenvalue weighted by Crippen LogP contribution is 2.23. The molecule has 0 spiro atoms. The van der Waals surface area contributed by atoms with Crippen LogP contribution in [-0.4, -0.2) is 29.4 Å². The molecule has 1 aliphatic rings. The molecule has 1 fully saturated rings. The Balaban J connectivity index is 1.87. The van der Waals surface area contributed by atoms with Gasteiger partial charge in [-0.15, -0.1) is 0 Å². The number of hydrogen-bond donors (Lipinski definition) is 2. The molecule has 2 rings (SSSR count). The van der Waals surface area contributed by atoms with Gasteiger partial charge in [-0.25, -0.2) is 0 Å². The maximum atomic E-state index is 12.1. The Morgan fingerprint density at radius 3 is 2.62 bits per heavy atom. The lowest BCUT2D eigenvalue weighted by molar-refractivity contribution is -0.116. The minimum absolute atomic E-state index is 0.0767. The molecule has 116 valence electrons. The third-order valence-electron chi connectivity index (χ3n) is 4.50. The molecule has 1 aromatic rings. The second-order valence-electron chi connectivity index (χ2n) is 6.24. The average Bonchev–Trinajstić information content (AvgIpc) is 2.41. The van der Waals surface area contributed by atoms with E-state index in [1.807, 2.05) is 25.1 Å². The van der Waals surface area contributed by atoms with Gasteiger partial charge in [-0.3, -0.25) is 9.69 Å². The zero-order chi connectivity index (χ0) is 15.4. The Kier molecular flexibility index (Phi) is 5.23. The zero-order valence-electron chi connectivity index (χ0n) is 13.4. The topological polar surface area (TPSA) is 58.4 Å². The van der Waals surface area contributed by atoms with Crippen LogP contribution in [0.5, 0.6) is 0 Å². The van der Waals surface area contributed by atoms with E-state index in [1.165, 1.54) is 19.3 Å². The maximum absolute atomic E-state index is 12.1. The normalized spacial score (nSPS) is 23.0. The molecule has 1 amide bonds. The number of nitrogen functional groups attached to an aromatic ring is 1. The molecule has 1 aliphatic heterocycles. The fraction of sp³-hybridized carbons (Fsp3) is 0.588. The lowest BCUT2D eigenvalue weighted by atomic mass is 9.97. The Morgan fingerprint density at radius 1 is 1.33 bits per heavy atom. The fourth-order valence-electron chi connectivity index (χ4n) is 3.19. The van der Waals surface area contributed by atoms with Gasteiger partial charge in [0.05, 0.1) is 0 Å². The van der Waals surface area contributed by atoms with E-state index in [9.17, 15) is 4.79 Å². The number of nitrogens with two attached hydrogens (primary N) is 1. The number of rotatable bonds is 4. The molecule has 0 saturated carbocycles. The first kappa shape index (κ1) is 15.8. The smallest absolute Gasteiger partial charge is 0.225 e. The molecule has 21 heavy (non-hydrogen) atoms. The van der Waals surface area contributed by atoms with Crippen LogP contribution in [-0.2, 0) is 4.79 Å². The number of piperidine rings is 1. The number of likely N-dealkylation sites (tertiary alicyclic amines) is 1. The second-order valence-corrected chi connectivity index (χ2v) is 6.24. The number of benzene rings is 1. The van der Waals surface area contributed by atoms with Gasteiger partial charge < -0.3 is 11.1 Å². The van der Waals surface area contributed by atoms with Gasteiger partial charge in [0.15, 0.2) is 0 Å². The van der Waals surface area contributed by atoms with Crippen LogP contribution in [0.2, 0.25) is 0 Å². The Bertz CT molecular complexity index is 491. The van der Waals surface area contributed by atoms with Crippen LogP contribution in [0.25, 0.3) is 0 Å². The van der Waals surface area contributed by atoms with E-state index >= 15 is 0 Å². The van der Waals surface area contributed by atoms with Crippen LogP contribution in [0, 0.1) is 6.92 Å². The summed E-state index contributed by atoms with van der Waals surface area (Å²) in [6.07, 6.45) is 4.32. The molecule has 0 aromatic heterocycles. The average molecular weight is 289 g/mol. The van der Waals surface area contributed by atoms with Gasteiger partial charge in [-0.2, -0.15) is 0 Å². The molecule has 3 N–H and O–H groups in total. The number of amides is 1. The van der Waals surface area contributed by atoms with Crippen molar-refractivity contribution in [1.82, 2.24) is 4.90 Å². The van der Waals surface area contributed by atoms with Crippen molar-refractivity contribution in [2.45, 2.75) is 58.5 Å². The lowest BCUT2D eigenvalue weighted by Crippen LogP contribution is -2.44. The van der Waals surface area contributed by atoms with Crippen molar-refractivity contribution in [3.05, 3.63) is 23.8 Å². The van der Waals surface area contributed by atoms with Crippen molar-refractivity contribution in [2.75, 3.05) is 17.6 Å². The standard InChI is InChI=1S/C17H27N3O/c1-12-11-15(18)7-8-16(12)19-17(21)9-10-20-13(2)5-4-6-14(20)3/h7-8,11,13-14H,4-6,9-10,18H2,1-3H3,(H,19,21). The summed E-state index contributed by atoms with van der Waals surface area (Å²) in [4.78, 5) is 14.6. The quantitative estimate of drug-likeness (QED) is 0.837. The number of carbonyl (C=O) groups is 1. The van der Waals surface area contributed by atoms with Crippen LogP contribution < -0.4 is 11.1 Å². The van der Waals surface area contributed by atoms with Crippen LogP contribution in [0.4, 0.5) is 11.4 Å². The van der Waals surface area contributed by atoms with Gasteiger partial charge in [0, 0.05) is 36.4 Å². The third kappa shape index (κ3) is 4.21. The number of nitrogens with zero attached hydrogens (tertiary/aromatic N) is 1. The highest BCUT2D eigenvalue weighted by atomic mass is 16.1. The monoisotopic (exact) mass is 289 g/mol. The van der Waals surface area contributed by atoms with E-state index in [1.54, 1.807) is 0 Å². The molecule has 1 heterocycles. The lowest BCUT2D eigenvalue weighted by Gasteiger charge is -2.38. The van der Waals surface area contributed by atoms with Crippen molar-refractivity contribution in [2.24, 2.45) is 0 Å². The predicted molar refractivity (Wildman–Crippen MR) is 88.3 cm³/mol. The molecule has 2 unspecified atom stereocenters. The molecular weight excluding hydrogens is 262 g/mol. The summed E-state index contributed by atoms with van der Waals surface area (Å²) in [5.41, 5.74) is 8.31. The van der Waals surface area contributed by atoms with Crippen molar-refractivity contribution in [1.29, 1.82) is 0 Å². The molecule has 4 heteroatoms. The Hall–Kier alpha value is -1.55. The molecule has 2 atom stereocenters. The molecule has 0 aliphatic carbocycles. The first-order chi connectivity index (χ1) is 9.97. The summed E-state index contributed by atoms with van der Waals surface area (Å²) in [7, 11) is 0. The van der Waals surface area contributed by atoms with Crippen molar-refractivity contribution in [3.8, 4) is 0 Å². The highest BCUT2D eigenvalue weighted by molar-refractivity contribution is 5.91. The zero-order valence-corrected chi connectivity index (χ0v) is 13.4. The van der Waals surface area contributed by atoms with Crippen LogP contribution in [0.3, 0.4) is 0 Å². The van der Waals surface area contributed by atoms with E-state index in [-0.39, 0.29) is 5.91 Å². The van der Waals surface area contributed by atoms with E-state index in [2.05, 4.69) is 24.1 Å². The Labute approximate surface area is 127 Å². The van der Waals surface area contributed by atoms with Gasteiger partial charge in [0.25, 0.3) is 0 Å².